The van der Waals surface area contributed by atoms with Crippen molar-refractivity contribution in [2.24, 2.45) is 5.41 Å². The van der Waals surface area contributed by atoms with Crippen molar-refractivity contribution in [2.75, 3.05) is 49.9 Å². The molecule has 3 fully saturated rings. The zero-order valence-electron chi connectivity index (χ0n) is 19.7. The second-order valence-corrected chi connectivity index (χ2v) is 12.8. The molecule has 2 aromatic rings. The van der Waals surface area contributed by atoms with Crippen LogP contribution in [-0.2, 0) is 10.0 Å². The van der Waals surface area contributed by atoms with E-state index < -0.39 is 16.1 Å². The molecule has 2 atom stereocenters. The molecule has 4 N–H and O–H groups in total. The van der Waals surface area contributed by atoms with Crippen molar-refractivity contribution in [1.29, 1.82) is 0 Å². The molecule has 1 saturated carbocycles. The summed E-state index contributed by atoms with van der Waals surface area (Å²) in [5.74, 6) is 2.09. The van der Waals surface area contributed by atoms with E-state index in [9.17, 15) is 13.5 Å². The number of halogens is 1. The first-order valence-corrected chi connectivity index (χ1v) is 14.5. The van der Waals surface area contributed by atoms with E-state index in [2.05, 4.69) is 40.4 Å². The normalized spacial score (nSPS) is 24.2. The van der Waals surface area contributed by atoms with Crippen LogP contribution in [0, 0.1) is 5.41 Å². The molecule has 1 aliphatic carbocycles. The molecule has 3 aliphatic rings. The van der Waals surface area contributed by atoms with Crippen LogP contribution in [0.4, 0.5) is 11.6 Å². The largest absolute Gasteiger partial charge is 0.390 e. The molecule has 0 amide bonds. The molecule has 35 heavy (non-hydrogen) atoms. The zero-order chi connectivity index (χ0) is 24.6. The fraction of sp³-hybridized carbons (Fsp3) is 0.583. The van der Waals surface area contributed by atoms with Gasteiger partial charge in [-0.15, -0.1) is 0 Å². The third kappa shape index (κ3) is 5.48. The number of benzene rings is 1. The number of nitrogens with two attached hydrogens (primary N) is 1. The lowest BCUT2D eigenvalue weighted by molar-refractivity contribution is 0.0557. The quantitative estimate of drug-likeness (QED) is 0.446. The number of sulfonamides is 1. The van der Waals surface area contributed by atoms with Crippen molar-refractivity contribution < 1.29 is 13.5 Å². The predicted molar refractivity (Wildman–Crippen MR) is 139 cm³/mol. The summed E-state index contributed by atoms with van der Waals surface area (Å²) in [7, 11) is -3.70. The lowest BCUT2D eigenvalue weighted by atomic mass is 9.79. The summed E-state index contributed by atoms with van der Waals surface area (Å²) in [5, 5.41) is 10.7. The average Bonchev–Trinajstić information content (AvgIpc) is 3.59. The van der Waals surface area contributed by atoms with Crippen LogP contribution >= 0.6 is 15.9 Å². The number of aromatic nitrogens is 2. The van der Waals surface area contributed by atoms with E-state index in [0.717, 1.165) is 69.7 Å². The van der Waals surface area contributed by atoms with E-state index in [1.165, 1.54) is 0 Å². The maximum Gasteiger partial charge on any atom is 0.241 e. The van der Waals surface area contributed by atoms with Gasteiger partial charge < -0.3 is 20.6 Å². The Kier molecular flexibility index (Phi) is 7.06. The highest BCUT2D eigenvalue weighted by atomic mass is 79.9. The van der Waals surface area contributed by atoms with E-state index >= 15 is 0 Å². The van der Waals surface area contributed by atoms with Gasteiger partial charge >= 0.3 is 0 Å². The van der Waals surface area contributed by atoms with E-state index in [1.807, 2.05) is 0 Å². The van der Waals surface area contributed by atoms with Gasteiger partial charge in [0.15, 0.2) is 0 Å². The molecule has 1 aromatic heterocycles. The molecule has 190 valence electrons. The average molecular weight is 566 g/mol. The summed E-state index contributed by atoms with van der Waals surface area (Å²) < 4.78 is 28.3. The Morgan fingerprint density at radius 2 is 2.00 bits per heavy atom. The summed E-state index contributed by atoms with van der Waals surface area (Å²) in [5.41, 5.74) is 7.48. The van der Waals surface area contributed by atoms with Crippen LogP contribution in [0.5, 0.6) is 0 Å². The Morgan fingerprint density at radius 1 is 1.20 bits per heavy atom. The van der Waals surface area contributed by atoms with Crippen LogP contribution in [0.15, 0.2) is 40.0 Å². The number of aliphatic hydroxyl groups is 1. The van der Waals surface area contributed by atoms with Gasteiger partial charge in [-0.3, -0.25) is 0 Å². The minimum absolute atomic E-state index is 0.0236. The number of hydrogen-bond donors (Lipinski definition) is 3. The molecule has 0 unspecified atom stereocenters. The molecule has 2 aliphatic heterocycles. The molecular weight excluding hydrogens is 532 g/mol. The first kappa shape index (κ1) is 24.9. The van der Waals surface area contributed by atoms with Crippen molar-refractivity contribution in [3.05, 3.63) is 40.6 Å². The fourth-order valence-electron chi connectivity index (χ4n) is 5.64. The molecule has 2 saturated heterocycles. The standard InChI is InChI=1S/C24H33BrN6O3S/c25-19-4-1-2-5-20(19)35(33,34)29-12-18(32)13-30-10-3-8-24(14-30)9-11-31(15-24)23-21(17-6-7-17)22(26)27-16-28-23/h1-2,4-5,16-18,29,32H,3,6-15H2,(H2,26,27,28)/t18-,24-/m1/s1. The zero-order valence-corrected chi connectivity index (χ0v) is 22.1. The summed E-state index contributed by atoms with van der Waals surface area (Å²) in [6.07, 6.45) is 6.36. The second-order valence-electron chi connectivity index (χ2n) is 10.2. The number of nitrogen functional groups attached to an aromatic ring is 1. The third-order valence-electron chi connectivity index (χ3n) is 7.46. The van der Waals surface area contributed by atoms with Crippen LogP contribution in [0.3, 0.4) is 0 Å². The Bertz CT molecular complexity index is 1180. The molecule has 0 radical (unpaired) electrons. The summed E-state index contributed by atoms with van der Waals surface area (Å²) in [6.45, 7) is 4.07. The van der Waals surface area contributed by atoms with Gasteiger partial charge in [0.05, 0.1) is 11.0 Å². The molecule has 3 heterocycles. The molecule has 11 heteroatoms. The first-order chi connectivity index (χ1) is 16.8. The smallest absolute Gasteiger partial charge is 0.241 e. The number of nitrogens with zero attached hydrogens (tertiary/aromatic N) is 4. The van der Waals surface area contributed by atoms with Gasteiger partial charge in [-0.2, -0.15) is 0 Å². The van der Waals surface area contributed by atoms with Crippen LogP contribution in [0.1, 0.15) is 43.6 Å². The highest BCUT2D eigenvalue weighted by Gasteiger charge is 2.43. The Labute approximate surface area is 215 Å². The Balaban J connectivity index is 1.19. The van der Waals surface area contributed by atoms with Crippen molar-refractivity contribution in [1.82, 2.24) is 19.6 Å². The molecule has 1 aromatic carbocycles. The SMILES string of the molecule is Nc1ncnc(N2CC[C@@]3(CCCN(C[C@H](O)CNS(=O)(=O)c4ccccc4Br)C3)C2)c1C1CC1. The van der Waals surface area contributed by atoms with Gasteiger partial charge in [0.25, 0.3) is 0 Å². The van der Waals surface area contributed by atoms with Crippen molar-refractivity contribution in [3.8, 4) is 0 Å². The maximum atomic E-state index is 12.6. The monoisotopic (exact) mass is 564 g/mol. The van der Waals surface area contributed by atoms with Gasteiger partial charge in [0.1, 0.15) is 18.0 Å². The number of likely N-dealkylation sites (tertiary alicyclic amines) is 1. The van der Waals surface area contributed by atoms with Crippen LogP contribution in [-0.4, -0.2) is 73.8 Å². The number of β-amino-alcohol motifs (C(OH)–C–C–N with tert-alkyl or cyclic N) is 1. The number of aliphatic hydroxyl groups excluding tert-OH is 1. The molecule has 5 rings (SSSR count). The minimum Gasteiger partial charge on any atom is -0.390 e. The number of hydrogen-bond acceptors (Lipinski definition) is 8. The van der Waals surface area contributed by atoms with Gasteiger partial charge in [0.2, 0.25) is 10.0 Å². The summed E-state index contributed by atoms with van der Waals surface area (Å²) in [6, 6.07) is 6.67. The van der Waals surface area contributed by atoms with E-state index in [1.54, 1.807) is 30.6 Å². The van der Waals surface area contributed by atoms with Crippen molar-refractivity contribution >= 4 is 37.6 Å². The molecular formula is C24H33BrN6O3S. The maximum absolute atomic E-state index is 12.6. The lowest BCUT2D eigenvalue weighted by Crippen LogP contribution is -2.49. The minimum atomic E-state index is -3.70. The summed E-state index contributed by atoms with van der Waals surface area (Å²) in [4.78, 5) is 13.7. The van der Waals surface area contributed by atoms with Gasteiger partial charge in [0, 0.05) is 48.2 Å². The number of anilines is 2. The highest BCUT2D eigenvalue weighted by molar-refractivity contribution is 9.10. The predicted octanol–water partition coefficient (Wildman–Crippen LogP) is 2.33. The second kappa shape index (κ2) is 9.93. The summed E-state index contributed by atoms with van der Waals surface area (Å²) >= 11 is 3.29. The molecule has 9 nitrogen and oxygen atoms in total. The lowest BCUT2D eigenvalue weighted by Gasteiger charge is -2.41. The van der Waals surface area contributed by atoms with Crippen LogP contribution in [0.2, 0.25) is 0 Å². The van der Waals surface area contributed by atoms with Crippen LogP contribution < -0.4 is 15.4 Å². The van der Waals surface area contributed by atoms with E-state index in [0.29, 0.717) is 22.8 Å². The Hall–Kier alpha value is -1.79. The van der Waals surface area contributed by atoms with E-state index in [4.69, 9.17) is 5.73 Å². The van der Waals surface area contributed by atoms with E-state index in [-0.39, 0.29) is 16.9 Å². The number of rotatable bonds is 8. The van der Waals surface area contributed by atoms with Gasteiger partial charge in [-0.1, -0.05) is 12.1 Å². The van der Waals surface area contributed by atoms with Crippen molar-refractivity contribution in [3.63, 3.8) is 0 Å². The van der Waals surface area contributed by atoms with Crippen LogP contribution in [0.25, 0.3) is 0 Å². The molecule has 1 spiro atoms. The number of piperidine rings is 1. The molecule has 0 bridgehead atoms. The van der Waals surface area contributed by atoms with Gasteiger partial charge in [-0.05, 0) is 72.6 Å². The topological polar surface area (TPSA) is 125 Å². The fourth-order valence-corrected chi connectivity index (χ4v) is 7.71. The number of nitrogens with one attached hydrogen (secondary N) is 1. The highest BCUT2D eigenvalue weighted by Crippen LogP contribution is 2.48. The van der Waals surface area contributed by atoms with Gasteiger partial charge in [-0.25, -0.2) is 23.1 Å². The first-order valence-electron chi connectivity index (χ1n) is 12.3. The Morgan fingerprint density at radius 3 is 2.77 bits per heavy atom. The van der Waals surface area contributed by atoms with Crippen molar-refractivity contribution in [2.45, 2.75) is 49.0 Å². The third-order valence-corrected chi connectivity index (χ3v) is 9.90.